The van der Waals surface area contributed by atoms with Crippen molar-refractivity contribution in [1.82, 2.24) is 9.78 Å². The van der Waals surface area contributed by atoms with Crippen LogP contribution < -0.4 is 0 Å². The van der Waals surface area contributed by atoms with Crippen LogP contribution in [0.1, 0.15) is 74.8 Å². The lowest BCUT2D eigenvalue weighted by atomic mass is 9.75. The zero-order valence-electron chi connectivity index (χ0n) is 18.0. The molecular weight excluding hydrogens is 356 g/mol. The molecule has 29 heavy (non-hydrogen) atoms. The Morgan fingerprint density at radius 3 is 2.45 bits per heavy atom. The Bertz CT molecular complexity index is 955. The van der Waals surface area contributed by atoms with Gasteiger partial charge in [0.15, 0.2) is 0 Å². The van der Waals surface area contributed by atoms with Crippen LogP contribution in [0.2, 0.25) is 0 Å². The number of nitrogens with zero attached hydrogens (tertiary/aromatic N) is 2. The second kappa shape index (κ2) is 6.97. The number of aromatic nitrogens is 2. The number of hydrogen-bond donors (Lipinski definition) is 0. The smallest absolute Gasteiger partial charge is 0.251 e. The summed E-state index contributed by atoms with van der Waals surface area (Å²) in [4.78, 5) is 13.9. The average molecular weight is 389 g/mol. The van der Waals surface area contributed by atoms with E-state index >= 15 is 0 Å². The van der Waals surface area contributed by atoms with Crippen LogP contribution in [-0.2, 0) is 0 Å². The first-order valence-electron chi connectivity index (χ1n) is 11.4. The number of rotatable bonds is 3. The number of benzene rings is 1. The third-order valence-corrected chi connectivity index (χ3v) is 7.90. The highest BCUT2D eigenvalue weighted by Gasteiger charge is 2.47. The molecular formula is C26H32N2O. The van der Waals surface area contributed by atoms with Crippen LogP contribution in [0.5, 0.6) is 0 Å². The van der Waals surface area contributed by atoms with E-state index in [0.717, 1.165) is 17.7 Å². The lowest BCUT2D eigenvalue weighted by molar-refractivity contribution is 0.0760. The highest BCUT2D eigenvalue weighted by molar-refractivity contribution is 5.88. The number of hydrogen-bond acceptors (Lipinski definition) is 2. The minimum absolute atomic E-state index is 0.0571. The van der Waals surface area contributed by atoms with Crippen LogP contribution in [-0.4, -0.2) is 15.7 Å². The molecule has 0 unspecified atom stereocenters. The van der Waals surface area contributed by atoms with E-state index in [1.807, 2.05) is 10.7 Å². The Morgan fingerprint density at radius 1 is 1.07 bits per heavy atom. The summed E-state index contributed by atoms with van der Waals surface area (Å²) in [5, 5.41) is 5.09. The molecule has 0 N–H and O–H groups in total. The molecule has 1 aromatic carbocycles. The van der Waals surface area contributed by atoms with Crippen molar-refractivity contribution in [2.75, 3.05) is 0 Å². The minimum atomic E-state index is 0.0571. The second-order valence-corrected chi connectivity index (χ2v) is 9.93. The molecule has 0 spiro atoms. The average Bonchev–Trinajstić information content (AvgIpc) is 3.41. The van der Waals surface area contributed by atoms with Gasteiger partial charge < -0.3 is 0 Å². The van der Waals surface area contributed by atoms with Gasteiger partial charge in [-0.05, 0) is 48.9 Å². The second-order valence-electron chi connectivity index (χ2n) is 9.93. The molecule has 3 nitrogen and oxygen atoms in total. The van der Waals surface area contributed by atoms with Crippen molar-refractivity contribution in [1.29, 1.82) is 0 Å². The fraction of sp³-hybridized carbons (Fsp3) is 0.538. The van der Waals surface area contributed by atoms with E-state index < -0.39 is 0 Å². The van der Waals surface area contributed by atoms with Gasteiger partial charge in [0.25, 0.3) is 5.91 Å². The molecule has 1 aromatic heterocycles. The normalized spacial score (nSPS) is 32.7. The molecule has 2 bridgehead atoms. The molecule has 0 saturated heterocycles. The molecule has 5 rings (SSSR count). The minimum Gasteiger partial charge on any atom is -0.272 e. The van der Waals surface area contributed by atoms with E-state index in [1.165, 1.54) is 24.1 Å². The lowest BCUT2D eigenvalue weighted by Crippen LogP contribution is -2.31. The summed E-state index contributed by atoms with van der Waals surface area (Å²) in [6, 6.07) is 10.5. The van der Waals surface area contributed by atoms with E-state index in [2.05, 4.69) is 64.1 Å². The summed E-state index contributed by atoms with van der Waals surface area (Å²) in [6.45, 7) is 9.13. The largest absolute Gasteiger partial charge is 0.272 e. The maximum Gasteiger partial charge on any atom is 0.251 e. The quantitative estimate of drug-likeness (QED) is 0.580. The highest BCUT2D eigenvalue weighted by atomic mass is 16.2. The predicted molar refractivity (Wildman–Crippen MR) is 117 cm³/mol. The van der Waals surface area contributed by atoms with Crippen molar-refractivity contribution in [3.63, 3.8) is 0 Å². The highest BCUT2D eigenvalue weighted by Crippen LogP contribution is 2.50. The molecule has 152 valence electrons. The first-order chi connectivity index (χ1) is 14.0. The summed E-state index contributed by atoms with van der Waals surface area (Å²) in [7, 11) is 0. The number of carbonyl (C=O) groups is 1. The van der Waals surface area contributed by atoms with Gasteiger partial charge in [0.2, 0.25) is 0 Å². The van der Waals surface area contributed by atoms with Gasteiger partial charge in [0.1, 0.15) is 0 Å². The van der Waals surface area contributed by atoms with Gasteiger partial charge in [0, 0.05) is 23.0 Å². The summed E-state index contributed by atoms with van der Waals surface area (Å²) < 4.78 is 1.83. The van der Waals surface area contributed by atoms with Crippen molar-refractivity contribution < 1.29 is 4.79 Å². The summed E-state index contributed by atoms with van der Waals surface area (Å²) in [6.07, 6.45) is 8.06. The van der Waals surface area contributed by atoms with Crippen LogP contribution in [0.3, 0.4) is 0 Å². The van der Waals surface area contributed by atoms with Crippen molar-refractivity contribution in [2.45, 2.75) is 58.8 Å². The Hall–Kier alpha value is -2.16. The fourth-order valence-corrected chi connectivity index (χ4v) is 6.22. The van der Waals surface area contributed by atoms with Gasteiger partial charge in [-0.15, -0.1) is 0 Å². The van der Waals surface area contributed by atoms with Gasteiger partial charge in [-0.1, -0.05) is 70.2 Å². The molecule has 1 heterocycles. The van der Waals surface area contributed by atoms with E-state index in [1.54, 1.807) is 0 Å². The monoisotopic (exact) mass is 388 g/mol. The van der Waals surface area contributed by atoms with Crippen molar-refractivity contribution in [3.8, 4) is 11.3 Å². The molecule has 3 heteroatoms. The van der Waals surface area contributed by atoms with Crippen LogP contribution in [0, 0.1) is 29.6 Å². The molecule has 0 amide bonds. The topological polar surface area (TPSA) is 34.9 Å². The molecule has 1 saturated carbocycles. The van der Waals surface area contributed by atoms with Crippen LogP contribution in [0.25, 0.3) is 11.3 Å². The van der Waals surface area contributed by atoms with Crippen LogP contribution in [0.15, 0.2) is 42.5 Å². The van der Waals surface area contributed by atoms with Crippen LogP contribution >= 0.6 is 0 Å². The van der Waals surface area contributed by atoms with E-state index in [9.17, 15) is 4.79 Å². The summed E-state index contributed by atoms with van der Waals surface area (Å²) in [5.74, 6) is 3.02. The predicted octanol–water partition coefficient (Wildman–Crippen LogP) is 6.29. The van der Waals surface area contributed by atoms with E-state index in [-0.39, 0.29) is 11.8 Å². The Kier molecular flexibility index (Phi) is 4.53. The van der Waals surface area contributed by atoms with Crippen LogP contribution in [0.4, 0.5) is 0 Å². The van der Waals surface area contributed by atoms with Gasteiger partial charge in [-0.2, -0.15) is 9.78 Å². The maximum absolute atomic E-state index is 13.9. The van der Waals surface area contributed by atoms with Crippen molar-refractivity contribution >= 4 is 5.91 Å². The van der Waals surface area contributed by atoms with Gasteiger partial charge in [0.05, 0.1) is 11.4 Å². The van der Waals surface area contributed by atoms with Gasteiger partial charge in [-0.3, -0.25) is 4.79 Å². The zero-order chi connectivity index (χ0) is 20.3. The van der Waals surface area contributed by atoms with Crippen molar-refractivity contribution in [3.05, 3.63) is 53.7 Å². The number of carbonyl (C=O) groups excluding carboxylic acids is 1. The standard InChI is InChI=1S/C26H32N2O/c1-15(2)21-13-10-16(3)22-24(21)27-28(25(22)18-8-6-5-7-9-18)26(29)23-17(4)19-11-12-20(23)14-19/h5-9,11-12,15-17,19-21,23H,10,13-14H2,1-4H3/t16-,17+,19-,20+,21+,23-/m1/s1. The fourth-order valence-electron chi connectivity index (χ4n) is 6.22. The lowest BCUT2D eigenvalue weighted by Gasteiger charge is -2.29. The first-order valence-corrected chi connectivity index (χ1v) is 11.4. The third kappa shape index (κ3) is 2.85. The number of fused-ring (bicyclic) bond motifs is 3. The molecule has 3 aliphatic carbocycles. The molecule has 1 fully saturated rings. The van der Waals surface area contributed by atoms with Crippen molar-refractivity contribution in [2.24, 2.45) is 29.6 Å². The Morgan fingerprint density at radius 2 is 1.79 bits per heavy atom. The van der Waals surface area contributed by atoms with Gasteiger partial charge in [-0.25, -0.2) is 0 Å². The third-order valence-electron chi connectivity index (χ3n) is 7.90. The Balaban J connectivity index is 1.68. The van der Waals surface area contributed by atoms with Gasteiger partial charge >= 0.3 is 0 Å². The summed E-state index contributed by atoms with van der Waals surface area (Å²) in [5.41, 5.74) is 4.68. The van der Waals surface area contributed by atoms with E-state index in [0.29, 0.717) is 35.5 Å². The molecule has 0 radical (unpaired) electrons. The molecule has 3 aliphatic rings. The van der Waals surface area contributed by atoms with E-state index in [4.69, 9.17) is 5.10 Å². The molecule has 0 aliphatic heterocycles. The molecule has 2 aromatic rings. The number of allylic oxidation sites excluding steroid dienone is 2. The summed E-state index contributed by atoms with van der Waals surface area (Å²) >= 11 is 0. The maximum atomic E-state index is 13.9. The first kappa shape index (κ1) is 18.8. The SMILES string of the molecule is CC(C)[C@@H]1CC[C@@H](C)c2c1nn(C(=O)[C@@H]1[C@@H](C)[C@@H]3C=C[C@H]1C3)c2-c1ccccc1. The Labute approximate surface area is 174 Å². The molecule has 6 atom stereocenters. The zero-order valence-corrected chi connectivity index (χ0v) is 18.0.